The summed E-state index contributed by atoms with van der Waals surface area (Å²) >= 11 is 0. The minimum atomic E-state index is -0.311. The summed E-state index contributed by atoms with van der Waals surface area (Å²) in [5.74, 6) is 0.989. The standard InChI is InChI=1S/C13H15N7O2/c21-11-3-2-10(17-18-11)16-13(22)20-8-6-19(7-9-20)12-14-4-1-5-15-12/h1-5H,6-9H2,(H,18,21)(H,16,17,22). The van der Waals surface area contributed by atoms with Crippen LogP contribution in [0, 0.1) is 0 Å². The third kappa shape index (κ3) is 3.19. The van der Waals surface area contributed by atoms with Gasteiger partial charge in [0.15, 0.2) is 5.82 Å². The van der Waals surface area contributed by atoms with E-state index in [4.69, 9.17) is 0 Å². The van der Waals surface area contributed by atoms with Crippen LogP contribution in [-0.2, 0) is 0 Å². The Balaban J connectivity index is 1.56. The molecule has 0 atom stereocenters. The minimum Gasteiger partial charge on any atom is -0.337 e. The van der Waals surface area contributed by atoms with Crippen LogP contribution >= 0.6 is 0 Å². The lowest BCUT2D eigenvalue weighted by atomic mass is 10.3. The average Bonchev–Trinajstić information content (AvgIpc) is 2.58. The fourth-order valence-electron chi connectivity index (χ4n) is 2.17. The van der Waals surface area contributed by atoms with Crippen LogP contribution in [0.2, 0.25) is 0 Å². The molecule has 0 aliphatic carbocycles. The van der Waals surface area contributed by atoms with E-state index in [2.05, 4.69) is 25.5 Å². The summed E-state index contributed by atoms with van der Waals surface area (Å²) in [5, 5.41) is 8.67. The fourth-order valence-corrected chi connectivity index (χ4v) is 2.17. The number of aromatic amines is 1. The largest absolute Gasteiger partial charge is 0.337 e. The number of amides is 2. The summed E-state index contributed by atoms with van der Waals surface area (Å²) in [6.45, 7) is 2.45. The van der Waals surface area contributed by atoms with Crippen molar-refractivity contribution in [2.24, 2.45) is 0 Å². The molecule has 2 N–H and O–H groups in total. The van der Waals surface area contributed by atoms with E-state index in [9.17, 15) is 9.59 Å². The van der Waals surface area contributed by atoms with E-state index in [1.165, 1.54) is 12.1 Å². The van der Waals surface area contributed by atoms with Crippen LogP contribution in [-0.4, -0.2) is 57.3 Å². The highest BCUT2D eigenvalue weighted by Gasteiger charge is 2.22. The quantitative estimate of drug-likeness (QED) is 0.803. The highest BCUT2D eigenvalue weighted by atomic mass is 16.2. The van der Waals surface area contributed by atoms with E-state index in [0.29, 0.717) is 37.9 Å². The van der Waals surface area contributed by atoms with Crippen LogP contribution in [0.15, 0.2) is 35.4 Å². The van der Waals surface area contributed by atoms with Crippen molar-refractivity contribution in [3.8, 4) is 0 Å². The number of hydrogen-bond donors (Lipinski definition) is 2. The molecule has 2 aromatic heterocycles. The predicted octanol–water partition coefficient (Wildman–Crippen LogP) is -0.0860. The molecule has 0 radical (unpaired) electrons. The van der Waals surface area contributed by atoms with E-state index in [1.807, 2.05) is 4.90 Å². The van der Waals surface area contributed by atoms with Crippen LogP contribution < -0.4 is 15.8 Å². The molecule has 0 unspecified atom stereocenters. The van der Waals surface area contributed by atoms with Gasteiger partial charge in [-0.15, -0.1) is 0 Å². The van der Waals surface area contributed by atoms with Crippen molar-refractivity contribution in [3.63, 3.8) is 0 Å². The van der Waals surface area contributed by atoms with Crippen molar-refractivity contribution in [1.29, 1.82) is 0 Å². The number of carbonyl (C=O) groups excluding carboxylic acids is 1. The lowest BCUT2D eigenvalue weighted by Gasteiger charge is -2.34. The van der Waals surface area contributed by atoms with Gasteiger partial charge in [-0.25, -0.2) is 19.9 Å². The SMILES string of the molecule is O=C(Nc1ccc(=O)[nH]n1)N1CCN(c2ncccn2)CC1. The molecule has 3 heterocycles. The molecule has 0 aromatic carbocycles. The van der Waals surface area contributed by atoms with Gasteiger partial charge in [-0.1, -0.05) is 0 Å². The Morgan fingerprint density at radius 1 is 1.14 bits per heavy atom. The second kappa shape index (κ2) is 6.20. The van der Waals surface area contributed by atoms with Crippen molar-refractivity contribution in [2.75, 3.05) is 36.4 Å². The molecule has 2 amide bonds. The van der Waals surface area contributed by atoms with Gasteiger partial charge in [-0.05, 0) is 12.1 Å². The van der Waals surface area contributed by atoms with Crippen molar-refractivity contribution < 1.29 is 4.79 Å². The molecule has 1 saturated heterocycles. The Morgan fingerprint density at radius 3 is 2.50 bits per heavy atom. The molecule has 114 valence electrons. The highest BCUT2D eigenvalue weighted by Crippen LogP contribution is 2.10. The van der Waals surface area contributed by atoms with Gasteiger partial charge in [-0.2, -0.15) is 5.10 Å². The number of anilines is 2. The Labute approximate surface area is 126 Å². The highest BCUT2D eigenvalue weighted by molar-refractivity contribution is 5.88. The lowest BCUT2D eigenvalue weighted by Crippen LogP contribution is -2.50. The molecule has 1 aliphatic rings. The molecule has 22 heavy (non-hydrogen) atoms. The van der Waals surface area contributed by atoms with E-state index >= 15 is 0 Å². The monoisotopic (exact) mass is 301 g/mol. The molecule has 9 nitrogen and oxygen atoms in total. The maximum absolute atomic E-state index is 12.1. The van der Waals surface area contributed by atoms with Crippen LogP contribution in [0.25, 0.3) is 0 Å². The summed E-state index contributed by atoms with van der Waals surface area (Å²) in [6.07, 6.45) is 3.40. The number of nitrogens with zero attached hydrogens (tertiary/aromatic N) is 5. The first-order chi connectivity index (χ1) is 10.7. The number of carbonyl (C=O) groups is 1. The molecule has 1 aliphatic heterocycles. The van der Waals surface area contributed by atoms with Crippen LogP contribution in [0.5, 0.6) is 0 Å². The number of hydrogen-bond acceptors (Lipinski definition) is 6. The zero-order valence-corrected chi connectivity index (χ0v) is 11.8. The van der Waals surface area contributed by atoms with Gasteiger partial charge in [0.2, 0.25) is 5.95 Å². The fraction of sp³-hybridized carbons (Fsp3) is 0.308. The summed E-state index contributed by atoms with van der Waals surface area (Å²) in [4.78, 5) is 35.2. The van der Waals surface area contributed by atoms with Gasteiger partial charge in [0.1, 0.15) is 0 Å². The van der Waals surface area contributed by atoms with Gasteiger partial charge in [0, 0.05) is 44.6 Å². The molecular formula is C13H15N7O2. The number of piperazine rings is 1. The summed E-state index contributed by atoms with van der Waals surface area (Å²) in [7, 11) is 0. The third-order valence-corrected chi connectivity index (χ3v) is 3.32. The van der Waals surface area contributed by atoms with E-state index < -0.39 is 0 Å². The Kier molecular flexibility index (Phi) is 3.95. The summed E-state index contributed by atoms with van der Waals surface area (Å²) < 4.78 is 0. The number of H-pyrrole nitrogens is 1. The second-order valence-corrected chi connectivity index (χ2v) is 4.76. The topological polar surface area (TPSA) is 107 Å². The Hall–Kier alpha value is -2.97. The lowest BCUT2D eigenvalue weighted by molar-refractivity contribution is 0.208. The minimum absolute atomic E-state index is 0.242. The van der Waals surface area contributed by atoms with Gasteiger partial charge in [0.05, 0.1) is 0 Å². The third-order valence-electron chi connectivity index (χ3n) is 3.32. The van der Waals surface area contributed by atoms with Gasteiger partial charge >= 0.3 is 6.03 Å². The molecule has 1 fully saturated rings. The average molecular weight is 301 g/mol. The van der Waals surface area contributed by atoms with Crippen molar-refractivity contribution >= 4 is 17.8 Å². The number of nitrogens with one attached hydrogen (secondary N) is 2. The molecule has 9 heteroatoms. The predicted molar refractivity (Wildman–Crippen MR) is 79.7 cm³/mol. The first-order valence-electron chi connectivity index (χ1n) is 6.86. The molecular weight excluding hydrogens is 286 g/mol. The number of rotatable bonds is 2. The molecule has 2 aromatic rings. The molecule has 3 rings (SSSR count). The zero-order valence-electron chi connectivity index (χ0n) is 11.8. The maximum Gasteiger partial charge on any atom is 0.323 e. The van der Waals surface area contributed by atoms with Crippen molar-refractivity contribution in [2.45, 2.75) is 0 Å². The Bertz CT molecular complexity index is 675. The van der Waals surface area contributed by atoms with Crippen molar-refractivity contribution in [1.82, 2.24) is 25.1 Å². The summed E-state index contributed by atoms with van der Waals surface area (Å²) in [5.41, 5.74) is -0.311. The number of aromatic nitrogens is 4. The van der Waals surface area contributed by atoms with Crippen LogP contribution in [0.4, 0.5) is 16.6 Å². The normalized spacial score (nSPS) is 14.7. The zero-order chi connectivity index (χ0) is 15.4. The second-order valence-electron chi connectivity index (χ2n) is 4.76. The number of urea groups is 1. The van der Waals surface area contributed by atoms with Gasteiger partial charge in [-0.3, -0.25) is 10.1 Å². The van der Waals surface area contributed by atoms with E-state index in [1.54, 1.807) is 23.4 Å². The smallest absolute Gasteiger partial charge is 0.323 e. The van der Waals surface area contributed by atoms with E-state index in [-0.39, 0.29) is 11.6 Å². The molecule has 0 spiro atoms. The Morgan fingerprint density at radius 2 is 1.86 bits per heavy atom. The first kappa shape index (κ1) is 14.0. The van der Waals surface area contributed by atoms with Crippen molar-refractivity contribution in [3.05, 3.63) is 40.9 Å². The van der Waals surface area contributed by atoms with Crippen LogP contribution in [0.3, 0.4) is 0 Å². The van der Waals surface area contributed by atoms with Gasteiger partial charge in [0.25, 0.3) is 5.56 Å². The van der Waals surface area contributed by atoms with Gasteiger partial charge < -0.3 is 9.80 Å². The first-order valence-corrected chi connectivity index (χ1v) is 6.86. The molecule has 0 bridgehead atoms. The van der Waals surface area contributed by atoms with E-state index in [0.717, 1.165) is 0 Å². The van der Waals surface area contributed by atoms with Crippen LogP contribution in [0.1, 0.15) is 0 Å². The molecule has 0 saturated carbocycles. The maximum atomic E-state index is 12.1. The summed E-state index contributed by atoms with van der Waals surface area (Å²) in [6, 6.07) is 4.30.